The Morgan fingerprint density at radius 3 is 2.93 bits per heavy atom. The number of ketones is 1. The largest absolute Gasteiger partial charge is 0.294 e. The lowest BCUT2D eigenvalue weighted by molar-refractivity contribution is -0.344. The normalized spacial score (nSPS) is 10.5. The molecule has 1 aromatic carbocycles. The number of aromatic nitrogens is 1. The molecule has 15 heavy (non-hydrogen) atoms. The van der Waals surface area contributed by atoms with E-state index in [4.69, 9.17) is 0 Å². The van der Waals surface area contributed by atoms with Crippen molar-refractivity contribution in [3.8, 4) is 0 Å². The van der Waals surface area contributed by atoms with Crippen molar-refractivity contribution in [3.05, 3.63) is 42.1 Å². The Hall–Kier alpha value is -1.70. The minimum Gasteiger partial charge on any atom is -0.294 e. The van der Waals surface area contributed by atoms with E-state index in [-0.39, 0.29) is 5.78 Å². The summed E-state index contributed by atoms with van der Waals surface area (Å²) in [6.45, 7) is 2.02. The number of carbonyl (C=O) groups is 1. The summed E-state index contributed by atoms with van der Waals surface area (Å²) in [6, 6.07) is 9.70. The summed E-state index contributed by atoms with van der Waals surface area (Å²) in [7, 11) is 0. The lowest BCUT2D eigenvalue weighted by Crippen LogP contribution is -2.05. The summed E-state index contributed by atoms with van der Waals surface area (Å²) in [5.41, 5.74) is 1.84. The number of aromatic amines is 1. The summed E-state index contributed by atoms with van der Waals surface area (Å²) >= 11 is 0. The molecule has 1 N–H and O–H groups in total. The second kappa shape index (κ2) is 4.22. The predicted octanol–water partition coefficient (Wildman–Crippen LogP) is 2.64. The highest BCUT2D eigenvalue weighted by Gasteiger charge is 2.10. The lowest BCUT2D eigenvalue weighted by atomic mass is 10.0. The Morgan fingerprint density at radius 1 is 1.27 bits per heavy atom. The zero-order chi connectivity index (χ0) is 10.7. The van der Waals surface area contributed by atoms with Crippen LogP contribution in [-0.4, -0.2) is 5.78 Å². The van der Waals surface area contributed by atoms with E-state index in [1.807, 2.05) is 43.5 Å². The molecular formula is C13H14NO+. The molecule has 1 heterocycles. The molecule has 0 aliphatic rings. The van der Waals surface area contributed by atoms with Gasteiger partial charge in [-0.3, -0.25) is 4.79 Å². The van der Waals surface area contributed by atoms with Gasteiger partial charge in [0.25, 0.3) is 0 Å². The van der Waals surface area contributed by atoms with Gasteiger partial charge in [0.2, 0.25) is 5.52 Å². The number of H-pyrrole nitrogens is 1. The molecule has 0 amide bonds. The molecule has 0 fully saturated rings. The Labute approximate surface area is 89.0 Å². The van der Waals surface area contributed by atoms with Crippen LogP contribution in [0.4, 0.5) is 0 Å². The molecule has 0 saturated heterocycles. The fraction of sp³-hybridized carbons (Fsp3) is 0.231. The van der Waals surface area contributed by atoms with Crippen LogP contribution >= 0.6 is 0 Å². The molecule has 0 saturated carbocycles. The zero-order valence-corrected chi connectivity index (χ0v) is 8.79. The third kappa shape index (κ3) is 1.89. The van der Waals surface area contributed by atoms with Gasteiger partial charge >= 0.3 is 0 Å². The monoisotopic (exact) mass is 200 g/mol. The van der Waals surface area contributed by atoms with Crippen LogP contribution in [-0.2, 0) is 0 Å². The van der Waals surface area contributed by atoms with Crippen molar-refractivity contribution in [2.75, 3.05) is 0 Å². The maximum atomic E-state index is 11.8. The number of carbonyl (C=O) groups excluding carboxylic acids is 1. The molecule has 2 aromatic rings. The number of benzene rings is 1. The Balaban J connectivity index is 2.56. The summed E-state index contributed by atoms with van der Waals surface area (Å²) in [5, 5.41) is 1.01. The van der Waals surface area contributed by atoms with Gasteiger partial charge in [0, 0.05) is 24.1 Å². The molecule has 76 valence electrons. The molecule has 2 nitrogen and oxygen atoms in total. The molecule has 2 heteroatoms. The maximum absolute atomic E-state index is 11.8. The quantitative estimate of drug-likeness (QED) is 0.701. The molecule has 0 aliphatic heterocycles. The molecular weight excluding hydrogens is 186 g/mol. The number of pyridine rings is 1. The molecule has 2 rings (SSSR count). The molecule has 0 bridgehead atoms. The number of nitrogens with one attached hydrogen (secondary N) is 1. The zero-order valence-electron chi connectivity index (χ0n) is 8.79. The van der Waals surface area contributed by atoms with E-state index < -0.39 is 0 Å². The summed E-state index contributed by atoms with van der Waals surface area (Å²) in [5.74, 6) is 0.225. The molecule has 0 unspecified atom stereocenters. The van der Waals surface area contributed by atoms with Gasteiger partial charge in [0.15, 0.2) is 12.0 Å². The van der Waals surface area contributed by atoms with Crippen LogP contribution in [0, 0.1) is 0 Å². The number of hydrogen-bond acceptors (Lipinski definition) is 1. The first kappa shape index (κ1) is 9.84. The molecule has 0 spiro atoms. The van der Waals surface area contributed by atoms with Gasteiger partial charge < -0.3 is 0 Å². The van der Waals surface area contributed by atoms with E-state index in [1.54, 1.807) is 0 Å². The number of fused-ring (bicyclic) bond motifs is 1. The third-order valence-corrected chi connectivity index (χ3v) is 2.48. The van der Waals surface area contributed by atoms with Crippen LogP contribution in [0.5, 0.6) is 0 Å². The van der Waals surface area contributed by atoms with Gasteiger partial charge in [0.1, 0.15) is 0 Å². The maximum Gasteiger partial charge on any atom is 0.211 e. The van der Waals surface area contributed by atoms with Crippen molar-refractivity contribution >= 4 is 16.7 Å². The number of rotatable bonds is 3. The van der Waals surface area contributed by atoms with E-state index >= 15 is 0 Å². The fourth-order valence-corrected chi connectivity index (χ4v) is 1.76. The molecule has 1 aromatic heterocycles. The van der Waals surface area contributed by atoms with Crippen LogP contribution < -0.4 is 4.98 Å². The third-order valence-electron chi connectivity index (χ3n) is 2.48. The van der Waals surface area contributed by atoms with Gasteiger partial charge in [-0.15, -0.1) is 0 Å². The lowest BCUT2D eigenvalue weighted by Gasteiger charge is -2.00. The highest BCUT2D eigenvalue weighted by Crippen LogP contribution is 2.16. The average molecular weight is 200 g/mol. The second-order valence-electron chi connectivity index (χ2n) is 3.61. The topological polar surface area (TPSA) is 31.2 Å². The van der Waals surface area contributed by atoms with Crippen LogP contribution in [0.2, 0.25) is 0 Å². The average Bonchev–Trinajstić information content (AvgIpc) is 2.28. The minimum absolute atomic E-state index is 0.225. The van der Waals surface area contributed by atoms with E-state index in [9.17, 15) is 4.79 Å². The highest BCUT2D eigenvalue weighted by atomic mass is 16.1. The summed E-state index contributed by atoms with van der Waals surface area (Å²) < 4.78 is 0. The minimum atomic E-state index is 0.225. The first-order valence-electron chi connectivity index (χ1n) is 5.25. The molecule has 0 aliphatic carbocycles. The number of Topliss-reactive ketones (excluding diaryl/α,β-unsaturated/α-hetero) is 1. The Morgan fingerprint density at radius 2 is 2.13 bits per heavy atom. The molecule has 0 radical (unpaired) electrons. The van der Waals surface area contributed by atoms with Gasteiger partial charge in [-0.2, -0.15) is 0 Å². The predicted molar refractivity (Wildman–Crippen MR) is 59.7 cm³/mol. The van der Waals surface area contributed by atoms with Crippen molar-refractivity contribution in [3.63, 3.8) is 0 Å². The highest BCUT2D eigenvalue weighted by molar-refractivity contribution is 6.06. The van der Waals surface area contributed by atoms with Crippen molar-refractivity contribution in [2.45, 2.75) is 19.8 Å². The van der Waals surface area contributed by atoms with E-state index in [2.05, 4.69) is 4.98 Å². The second-order valence-corrected chi connectivity index (χ2v) is 3.61. The van der Waals surface area contributed by atoms with Crippen LogP contribution in [0.15, 0.2) is 36.5 Å². The standard InChI is InChI=1S/C13H13NO/c1-2-5-13(15)11-6-3-8-12-10(11)7-4-9-14-12/h3-4,6-9H,2,5H2,1H3/p+1. The van der Waals surface area contributed by atoms with Crippen molar-refractivity contribution in [1.82, 2.24) is 0 Å². The fourth-order valence-electron chi connectivity index (χ4n) is 1.76. The number of hydrogen-bond donors (Lipinski definition) is 0. The van der Waals surface area contributed by atoms with Crippen LogP contribution in [0.1, 0.15) is 30.1 Å². The van der Waals surface area contributed by atoms with Gasteiger partial charge in [0.05, 0.1) is 5.39 Å². The van der Waals surface area contributed by atoms with Crippen LogP contribution in [0.25, 0.3) is 10.9 Å². The van der Waals surface area contributed by atoms with E-state index in [1.165, 1.54) is 0 Å². The Bertz CT molecular complexity index is 485. The van der Waals surface area contributed by atoms with Crippen molar-refractivity contribution < 1.29 is 9.78 Å². The SMILES string of the molecule is CCCC(=O)c1cccc2[nH+]cccc12. The first-order valence-corrected chi connectivity index (χ1v) is 5.25. The van der Waals surface area contributed by atoms with Gasteiger partial charge in [-0.1, -0.05) is 19.1 Å². The molecule has 0 atom stereocenters. The summed E-state index contributed by atoms with van der Waals surface area (Å²) in [4.78, 5) is 15.0. The first-order chi connectivity index (χ1) is 7.33. The van der Waals surface area contributed by atoms with Crippen molar-refractivity contribution in [1.29, 1.82) is 0 Å². The summed E-state index contributed by atoms with van der Waals surface area (Å²) in [6.07, 6.45) is 3.39. The van der Waals surface area contributed by atoms with E-state index in [0.717, 1.165) is 22.9 Å². The Kier molecular flexibility index (Phi) is 2.77. The van der Waals surface area contributed by atoms with Crippen molar-refractivity contribution in [2.24, 2.45) is 0 Å². The smallest absolute Gasteiger partial charge is 0.211 e. The van der Waals surface area contributed by atoms with Gasteiger partial charge in [-0.05, 0) is 12.5 Å². The van der Waals surface area contributed by atoms with Gasteiger partial charge in [-0.25, -0.2) is 4.98 Å². The van der Waals surface area contributed by atoms with Crippen LogP contribution in [0.3, 0.4) is 0 Å². The van der Waals surface area contributed by atoms with E-state index in [0.29, 0.717) is 6.42 Å².